The van der Waals surface area contributed by atoms with Crippen LogP contribution >= 0.6 is 39.3 Å². The van der Waals surface area contributed by atoms with Crippen molar-refractivity contribution in [3.63, 3.8) is 0 Å². The predicted molar refractivity (Wildman–Crippen MR) is 90.5 cm³/mol. The zero-order valence-electron chi connectivity index (χ0n) is 11.3. The lowest BCUT2D eigenvalue weighted by Crippen LogP contribution is -2.01. The van der Waals surface area contributed by atoms with E-state index in [-0.39, 0.29) is 0 Å². The molecule has 0 atom stereocenters. The standard InChI is InChI=1S/C13H14BrClN4S/c1-7-4-8(14)10(5-9(7)15)17-12-6-11(16-2)18-13(19-12)20-3/h4-6H,1-3H3,(H2,16,17,18,19). The summed E-state index contributed by atoms with van der Waals surface area (Å²) in [5.74, 6) is 1.48. The van der Waals surface area contributed by atoms with Crippen LogP contribution < -0.4 is 10.6 Å². The highest BCUT2D eigenvalue weighted by Gasteiger charge is 2.08. The minimum Gasteiger partial charge on any atom is -0.373 e. The molecule has 2 N–H and O–H groups in total. The number of halogens is 2. The van der Waals surface area contributed by atoms with Gasteiger partial charge in [-0.2, -0.15) is 0 Å². The summed E-state index contributed by atoms with van der Waals surface area (Å²) in [4.78, 5) is 8.75. The van der Waals surface area contributed by atoms with E-state index < -0.39 is 0 Å². The number of hydrogen-bond acceptors (Lipinski definition) is 5. The van der Waals surface area contributed by atoms with Crippen molar-refractivity contribution in [1.29, 1.82) is 0 Å². The molecule has 20 heavy (non-hydrogen) atoms. The summed E-state index contributed by atoms with van der Waals surface area (Å²) < 4.78 is 0.940. The number of thioether (sulfide) groups is 1. The number of aryl methyl sites for hydroxylation is 1. The van der Waals surface area contributed by atoms with Gasteiger partial charge in [0.05, 0.1) is 5.69 Å². The molecule has 0 saturated heterocycles. The van der Waals surface area contributed by atoms with Gasteiger partial charge in [0.1, 0.15) is 11.6 Å². The topological polar surface area (TPSA) is 49.8 Å². The number of rotatable bonds is 4. The van der Waals surface area contributed by atoms with E-state index in [4.69, 9.17) is 11.6 Å². The molecule has 0 radical (unpaired) electrons. The molecule has 0 saturated carbocycles. The lowest BCUT2D eigenvalue weighted by Gasteiger charge is -2.11. The van der Waals surface area contributed by atoms with Crippen molar-refractivity contribution in [3.8, 4) is 0 Å². The summed E-state index contributed by atoms with van der Waals surface area (Å²) in [6.45, 7) is 1.96. The van der Waals surface area contributed by atoms with Crippen molar-refractivity contribution < 1.29 is 0 Å². The fraction of sp³-hybridized carbons (Fsp3) is 0.231. The number of hydrogen-bond donors (Lipinski definition) is 2. The first kappa shape index (κ1) is 15.4. The molecular weight excluding hydrogens is 360 g/mol. The van der Waals surface area contributed by atoms with E-state index in [2.05, 4.69) is 36.5 Å². The third-order valence-corrected chi connectivity index (χ3v) is 4.27. The molecule has 4 nitrogen and oxygen atoms in total. The fourth-order valence-electron chi connectivity index (χ4n) is 1.59. The molecule has 106 valence electrons. The Labute approximate surface area is 135 Å². The molecule has 2 aromatic rings. The third-order valence-electron chi connectivity index (χ3n) is 2.66. The first-order valence-electron chi connectivity index (χ1n) is 5.87. The molecule has 0 aliphatic heterocycles. The van der Waals surface area contributed by atoms with Gasteiger partial charge in [-0.05, 0) is 46.8 Å². The van der Waals surface area contributed by atoms with E-state index in [0.717, 1.165) is 21.5 Å². The van der Waals surface area contributed by atoms with E-state index in [1.165, 1.54) is 11.8 Å². The van der Waals surface area contributed by atoms with Gasteiger partial charge in [0.2, 0.25) is 0 Å². The number of nitrogens with one attached hydrogen (secondary N) is 2. The summed E-state index contributed by atoms with van der Waals surface area (Å²) in [7, 11) is 1.83. The number of aromatic nitrogens is 2. The van der Waals surface area contributed by atoms with Crippen molar-refractivity contribution in [2.45, 2.75) is 12.1 Å². The second kappa shape index (κ2) is 6.65. The van der Waals surface area contributed by atoms with Crippen LogP contribution in [0.15, 0.2) is 27.8 Å². The maximum Gasteiger partial charge on any atom is 0.191 e. The van der Waals surface area contributed by atoms with Crippen LogP contribution in [0.5, 0.6) is 0 Å². The lowest BCUT2D eigenvalue weighted by molar-refractivity contribution is 0.977. The van der Waals surface area contributed by atoms with E-state index in [1.807, 2.05) is 38.4 Å². The van der Waals surface area contributed by atoms with Crippen LogP contribution in [-0.4, -0.2) is 23.3 Å². The molecule has 0 aliphatic carbocycles. The van der Waals surface area contributed by atoms with Crippen LogP contribution in [-0.2, 0) is 0 Å². The summed E-state index contributed by atoms with van der Waals surface area (Å²) in [6.07, 6.45) is 1.94. The predicted octanol–water partition coefficient (Wildman–Crippen LogP) is 4.71. The van der Waals surface area contributed by atoms with Gasteiger partial charge in [-0.15, -0.1) is 0 Å². The average Bonchev–Trinajstić information content (AvgIpc) is 2.44. The summed E-state index contributed by atoms with van der Waals surface area (Å²) >= 11 is 11.2. The minimum absolute atomic E-state index is 0.702. The van der Waals surface area contributed by atoms with Gasteiger partial charge >= 0.3 is 0 Å². The van der Waals surface area contributed by atoms with Gasteiger partial charge in [-0.3, -0.25) is 0 Å². The quantitative estimate of drug-likeness (QED) is 0.600. The first-order valence-corrected chi connectivity index (χ1v) is 8.26. The highest BCUT2D eigenvalue weighted by Crippen LogP contribution is 2.31. The molecule has 0 aliphatic rings. The van der Waals surface area contributed by atoms with Crippen LogP contribution in [0.1, 0.15) is 5.56 Å². The zero-order valence-corrected chi connectivity index (χ0v) is 14.4. The highest BCUT2D eigenvalue weighted by atomic mass is 79.9. The van der Waals surface area contributed by atoms with Gasteiger partial charge in [0.15, 0.2) is 5.16 Å². The molecule has 2 rings (SSSR count). The van der Waals surface area contributed by atoms with Crippen molar-refractivity contribution in [1.82, 2.24) is 9.97 Å². The first-order chi connectivity index (χ1) is 9.53. The van der Waals surface area contributed by atoms with E-state index in [1.54, 1.807) is 0 Å². The molecule has 0 unspecified atom stereocenters. The van der Waals surface area contributed by atoms with E-state index >= 15 is 0 Å². The minimum atomic E-state index is 0.702. The van der Waals surface area contributed by atoms with Crippen molar-refractivity contribution in [2.75, 3.05) is 23.9 Å². The number of benzene rings is 1. The Hall–Kier alpha value is -0.980. The molecule has 0 amide bonds. The molecule has 1 heterocycles. The summed E-state index contributed by atoms with van der Waals surface area (Å²) in [5.41, 5.74) is 1.89. The molecule has 0 fully saturated rings. The van der Waals surface area contributed by atoms with E-state index in [0.29, 0.717) is 16.0 Å². The van der Waals surface area contributed by atoms with Crippen LogP contribution in [0.25, 0.3) is 0 Å². The van der Waals surface area contributed by atoms with E-state index in [9.17, 15) is 0 Å². The fourth-order valence-corrected chi connectivity index (χ4v) is 2.69. The third kappa shape index (κ3) is 3.56. The zero-order chi connectivity index (χ0) is 14.7. The Morgan fingerprint density at radius 1 is 1.20 bits per heavy atom. The van der Waals surface area contributed by atoms with Crippen LogP contribution in [0.3, 0.4) is 0 Å². The number of nitrogens with zero attached hydrogens (tertiary/aromatic N) is 2. The Morgan fingerprint density at radius 2 is 1.90 bits per heavy atom. The van der Waals surface area contributed by atoms with Gasteiger partial charge in [-0.1, -0.05) is 23.4 Å². The van der Waals surface area contributed by atoms with Crippen molar-refractivity contribution >= 4 is 56.6 Å². The van der Waals surface area contributed by atoms with Crippen molar-refractivity contribution in [2.24, 2.45) is 0 Å². The van der Waals surface area contributed by atoms with Gasteiger partial charge in [0.25, 0.3) is 0 Å². The maximum absolute atomic E-state index is 6.16. The number of anilines is 3. The van der Waals surface area contributed by atoms with Gasteiger partial charge in [-0.25, -0.2) is 9.97 Å². The molecule has 0 spiro atoms. The largest absolute Gasteiger partial charge is 0.373 e. The SMILES string of the molecule is CNc1cc(Nc2cc(Cl)c(C)cc2Br)nc(SC)n1. The van der Waals surface area contributed by atoms with Gasteiger partial charge < -0.3 is 10.6 Å². The second-order valence-electron chi connectivity index (χ2n) is 4.08. The monoisotopic (exact) mass is 372 g/mol. The smallest absolute Gasteiger partial charge is 0.191 e. The maximum atomic E-state index is 6.16. The molecule has 0 bridgehead atoms. The second-order valence-corrected chi connectivity index (χ2v) is 6.12. The molecule has 1 aromatic carbocycles. The molecule has 7 heteroatoms. The normalized spacial score (nSPS) is 10.4. The summed E-state index contributed by atoms with van der Waals surface area (Å²) in [5, 5.41) is 7.69. The molecular formula is C13H14BrClN4S. The Morgan fingerprint density at radius 3 is 2.55 bits per heavy atom. The summed E-state index contributed by atoms with van der Waals surface area (Å²) in [6, 6.07) is 5.70. The highest BCUT2D eigenvalue weighted by molar-refractivity contribution is 9.10. The Balaban J connectivity index is 2.36. The van der Waals surface area contributed by atoms with Gasteiger partial charge in [0, 0.05) is 22.6 Å². The van der Waals surface area contributed by atoms with Crippen LogP contribution in [0.4, 0.5) is 17.3 Å². The Bertz CT molecular complexity index is 614. The van der Waals surface area contributed by atoms with Crippen LogP contribution in [0, 0.1) is 6.92 Å². The average molecular weight is 374 g/mol. The Kier molecular flexibility index (Phi) is 5.12. The molecule has 1 aromatic heterocycles. The van der Waals surface area contributed by atoms with Crippen molar-refractivity contribution in [3.05, 3.63) is 33.3 Å². The van der Waals surface area contributed by atoms with Crippen LogP contribution in [0.2, 0.25) is 5.02 Å². The lowest BCUT2D eigenvalue weighted by atomic mass is 10.2.